The van der Waals surface area contributed by atoms with Crippen LogP contribution >= 0.6 is 0 Å². The van der Waals surface area contributed by atoms with Crippen LogP contribution in [0.5, 0.6) is 0 Å². The topological polar surface area (TPSA) is 135 Å². The summed E-state index contributed by atoms with van der Waals surface area (Å²) >= 11 is 0. The van der Waals surface area contributed by atoms with E-state index in [2.05, 4.69) is 13.2 Å². The molecule has 1 saturated heterocycles. The molecule has 1 saturated carbocycles. The van der Waals surface area contributed by atoms with Gasteiger partial charge in [0, 0.05) is 38.7 Å². The zero-order chi connectivity index (χ0) is 30.0. The highest BCUT2D eigenvalue weighted by molar-refractivity contribution is 5.70. The summed E-state index contributed by atoms with van der Waals surface area (Å²) in [7, 11) is 0. The molecule has 3 aliphatic rings. The third-order valence-corrected chi connectivity index (χ3v) is 8.79. The molecule has 10 heteroatoms. The maximum atomic E-state index is 12.6. The van der Waals surface area contributed by atoms with Crippen LogP contribution in [0, 0.1) is 22.7 Å². The number of aliphatic hydroxyl groups is 1. The molecule has 3 rings (SSSR count). The molecule has 2 fully saturated rings. The summed E-state index contributed by atoms with van der Waals surface area (Å²) in [6.07, 6.45) is -0.399. The average Bonchev–Trinajstić information content (AvgIpc) is 3.15. The minimum Gasteiger partial charge on any atom is -0.459 e. The molecule has 40 heavy (non-hydrogen) atoms. The second kappa shape index (κ2) is 12.3. The molecule has 10 nitrogen and oxygen atoms in total. The van der Waals surface area contributed by atoms with E-state index in [0.717, 1.165) is 5.57 Å². The molecule has 1 N–H and O–H groups in total. The zero-order valence-electron chi connectivity index (χ0n) is 24.3. The van der Waals surface area contributed by atoms with Crippen molar-refractivity contribution in [1.82, 2.24) is 0 Å². The van der Waals surface area contributed by atoms with E-state index < -0.39 is 71.5 Å². The molecule has 1 heterocycles. The van der Waals surface area contributed by atoms with Gasteiger partial charge >= 0.3 is 23.9 Å². The van der Waals surface area contributed by atoms with Crippen LogP contribution in [0.2, 0.25) is 0 Å². The van der Waals surface area contributed by atoms with E-state index in [9.17, 15) is 24.3 Å². The second-order valence-electron chi connectivity index (χ2n) is 11.3. The first-order chi connectivity index (χ1) is 18.7. The number of hydrogen-bond donors (Lipinski definition) is 1. The third kappa shape index (κ3) is 5.74. The van der Waals surface area contributed by atoms with Crippen molar-refractivity contribution in [2.75, 3.05) is 0 Å². The van der Waals surface area contributed by atoms with Gasteiger partial charge in [0.15, 0.2) is 0 Å². The summed E-state index contributed by atoms with van der Waals surface area (Å²) in [4.78, 5) is 49.3. The Balaban J connectivity index is 2.30. The Morgan fingerprint density at radius 3 is 2.25 bits per heavy atom. The molecule has 1 aliphatic heterocycles. The minimum absolute atomic E-state index is 0.222. The van der Waals surface area contributed by atoms with Gasteiger partial charge in [0.05, 0.1) is 5.41 Å². The number of carbonyl (C=O) groups excluding carboxylic acids is 4. The van der Waals surface area contributed by atoms with E-state index in [1.807, 2.05) is 20.8 Å². The van der Waals surface area contributed by atoms with Crippen LogP contribution in [-0.4, -0.2) is 59.9 Å². The lowest BCUT2D eigenvalue weighted by atomic mass is 9.44. The lowest BCUT2D eigenvalue weighted by Crippen LogP contribution is -2.68. The van der Waals surface area contributed by atoms with Gasteiger partial charge in [0.2, 0.25) is 12.6 Å². The fourth-order valence-electron chi connectivity index (χ4n) is 6.82. The van der Waals surface area contributed by atoms with Crippen LogP contribution in [0.15, 0.2) is 36.5 Å². The van der Waals surface area contributed by atoms with Gasteiger partial charge in [-0.15, -0.1) is 0 Å². The largest absolute Gasteiger partial charge is 0.459 e. The van der Waals surface area contributed by atoms with Gasteiger partial charge in [0.1, 0.15) is 18.3 Å². The maximum Gasteiger partial charge on any atom is 0.306 e. The van der Waals surface area contributed by atoms with Crippen molar-refractivity contribution in [1.29, 1.82) is 0 Å². The molecule has 0 unspecified atom stereocenters. The number of esters is 4. The normalized spacial score (nSPS) is 36.3. The van der Waals surface area contributed by atoms with Crippen molar-refractivity contribution in [3.63, 3.8) is 0 Å². The molecule has 9 atom stereocenters. The molecule has 0 bridgehead atoms. The summed E-state index contributed by atoms with van der Waals surface area (Å²) in [5.41, 5.74) is -1.07. The first kappa shape index (κ1) is 31.5. The fraction of sp³-hybridized carbons (Fsp3) is 0.667. The highest BCUT2D eigenvalue weighted by Gasteiger charge is 2.74. The number of aliphatic hydroxyl groups excluding tert-OH is 1. The van der Waals surface area contributed by atoms with E-state index in [1.54, 1.807) is 12.2 Å². The number of rotatable bonds is 10. The smallest absolute Gasteiger partial charge is 0.306 e. The molecular weight excluding hydrogens is 520 g/mol. The van der Waals surface area contributed by atoms with Crippen molar-refractivity contribution in [3.8, 4) is 0 Å². The second-order valence-corrected chi connectivity index (χ2v) is 11.3. The van der Waals surface area contributed by atoms with Gasteiger partial charge in [-0.05, 0) is 43.1 Å². The Bertz CT molecular complexity index is 1080. The quantitative estimate of drug-likeness (QED) is 0.181. The van der Waals surface area contributed by atoms with Gasteiger partial charge in [-0.1, -0.05) is 45.6 Å². The van der Waals surface area contributed by atoms with E-state index in [1.165, 1.54) is 20.8 Å². The molecule has 0 radical (unpaired) electrons. The van der Waals surface area contributed by atoms with Crippen molar-refractivity contribution < 1.29 is 48.0 Å². The van der Waals surface area contributed by atoms with Crippen LogP contribution in [0.1, 0.15) is 73.6 Å². The number of hydrogen-bond acceptors (Lipinski definition) is 10. The number of carbonyl (C=O) groups is 4. The third-order valence-electron chi connectivity index (χ3n) is 8.79. The summed E-state index contributed by atoms with van der Waals surface area (Å²) in [6, 6.07) is 0. The lowest BCUT2D eigenvalue weighted by Gasteiger charge is -2.62. The predicted molar refractivity (Wildman–Crippen MR) is 143 cm³/mol. The Kier molecular flexibility index (Phi) is 9.67. The van der Waals surface area contributed by atoms with Crippen molar-refractivity contribution in [2.45, 2.75) is 105 Å². The molecule has 0 aromatic carbocycles. The molecule has 0 aromatic heterocycles. The van der Waals surface area contributed by atoms with Gasteiger partial charge in [-0.25, -0.2) is 0 Å². The first-order valence-electron chi connectivity index (χ1n) is 13.8. The van der Waals surface area contributed by atoms with Crippen LogP contribution in [0.25, 0.3) is 0 Å². The summed E-state index contributed by atoms with van der Waals surface area (Å²) in [5, 5.41) is 12.1. The van der Waals surface area contributed by atoms with E-state index in [-0.39, 0.29) is 18.8 Å². The van der Waals surface area contributed by atoms with E-state index >= 15 is 0 Å². The molecular formula is C30H42O10. The van der Waals surface area contributed by atoms with E-state index in [4.69, 9.17) is 23.7 Å². The Labute approximate surface area is 235 Å². The monoisotopic (exact) mass is 562 g/mol. The first-order valence-corrected chi connectivity index (χ1v) is 13.8. The Morgan fingerprint density at radius 2 is 1.70 bits per heavy atom. The van der Waals surface area contributed by atoms with Crippen molar-refractivity contribution in [3.05, 3.63) is 36.5 Å². The molecule has 0 aromatic rings. The van der Waals surface area contributed by atoms with Crippen LogP contribution < -0.4 is 0 Å². The Hall–Kier alpha value is -2.98. The summed E-state index contributed by atoms with van der Waals surface area (Å²) in [5.74, 6) is -3.23. The standard InChI is InChI=1S/C30H42O10/c1-9-11-24(34)39-21-14-22-27(37-19(6)32)40-28(38-20(7)33)30(22)23(15-21)29(8,13-12-16(3)10-2)17(4)25(26(30)35)36-18(5)31/h10,14,17,21,23,25-28,35H,2-3,9,11-13,15H2,1,4-8H3/t17-,21+,23+,25+,26+,27+,28-,29+,30-/m0/s1. The molecule has 2 aliphatic carbocycles. The SMILES string of the molecule is C=CC(=C)CC[C@@]1(C)[C@H]2C[C@H](OC(=O)CCC)C=C3[C@H](OC(C)=O)O[C@H](OC(C)=O)[C@@]32[C@H](O)[C@H](OC(C)=O)[C@@H]1C. The maximum absolute atomic E-state index is 12.6. The molecule has 0 amide bonds. The minimum atomic E-state index is -1.48. The number of ether oxygens (including phenoxy) is 5. The van der Waals surface area contributed by atoms with Gasteiger partial charge in [-0.2, -0.15) is 0 Å². The van der Waals surface area contributed by atoms with Crippen molar-refractivity contribution in [2.24, 2.45) is 22.7 Å². The van der Waals surface area contributed by atoms with Crippen LogP contribution in [0.4, 0.5) is 0 Å². The summed E-state index contributed by atoms with van der Waals surface area (Å²) in [6.45, 7) is 17.3. The average molecular weight is 563 g/mol. The highest BCUT2D eigenvalue weighted by atomic mass is 16.8. The zero-order valence-corrected chi connectivity index (χ0v) is 24.3. The fourth-order valence-corrected chi connectivity index (χ4v) is 6.82. The van der Waals surface area contributed by atoms with Crippen molar-refractivity contribution >= 4 is 23.9 Å². The summed E-state index contributed by atoms with van der Waals surface area (Å²) < 4.78 is 28.8. The van der Waals surface area contributed by atoms with Crippen LogP contribution in [0.3, 0.4) is 0 Å². The number of allylic oxidation sites excluding steroid dienone is 2. The highest BCUT2D eigenvalue weighted by Crippen LogP contribution is 2.67. The predicted octanol–water partition coefficient (Wildman–Crippen LogP) is 3.91. The van der Waals surface area contributed by atoms with Crippen LogP contribution in [-0.2, 0) is 42.9 Å². The Morgan fingerprint density at radius 1 is 1.07 bits per heavy atom. The molecule has 222 valence electrons. The van der Waals surface area contributed by atoms with Gasteiger partial charge in [0.25, 0.3) is 0 Å². The lowest BCUT2D eigenvalue weighted by molar-refractivity contribution is -0.276. The van der Waals surface area contributed by atoms with E-state index in [0.29, 0.717) is 24.8 Å². The molecule has 1 spiro atoms. The van der Waals surface area contributed by atoms with Gasteiger partial charge < -0.3 is 24.1 Å². The van der Waals surface area contributed by atoms with Gasteiger partial charge in [-0.3, -0.25) is 23.9 Å².